The molecule has 0 amide bonds. The van der Waals surface area contributed by atoms with Gasteiger partial charge in [-0.1, -0.05) is 0 Å². The van der Waals surface area contributed by atoms with Gasteiger partial charge in [-0.25, -0.2) is 9.97 Å². The van der Waals surface area contributed by atoms with Gasteiger partial charge >= 0.3 is 6.18 Å². The lowest BCUT2D eigenvalue weighted by Crippen LogP contribution is -2.09. The number of hydrogen-bond donors (Lipinski definition) is 1. The van der Waals surface area contributed by atoms with Crippen LogP contribution in [0.4, 0.5) is 13.2 Å². The third-order valence-electron chi connectivity index (χ3n) is 2.65. The number of alkyl halides is 3. The van der Waals surface area contributed by atoms with E-state index in [1.807, 2.05) is 0 Å². The summed E-state index contributed by atoms with van der Waals surface area (Å²) >= 11 is 0. The molecule has 18 heavy (non-hydrogen) atoms. The number of aliphatic hydroxyl groups excluding tert-OH is 1. The van der Waals surface area contributed by atoms with E-state index in [4.69, 9.17) is 5.11 Å². The number of hydrogen-bond acceptors (Lipinski definition) is 3. The summed E-state index contributed by atoms with van der Waals surface area (Å²) < 4.78 is 40.2. The molecular weight excluding hydrogens is 247 g/mol. The number of pyridine rings is 1. The molecule has 0 spiro atoms. The van der Waals surface area contributed by atoms with Crippen LogP contribution in [-0.2, 0) is 12.7 Å². The van der Waals surface area contributed by atoms with E-state index in [1.165, 1.54) is 11.5 Å². The normalized spacial score (nSPS) is 12.3. The van der Waals surface area contributed by atoms with Crippen LogP contribution in [0, 0.1) is 13.8 Å². The minimum absolute atomic E-state index is 0.161. The molecule has 0 bridgehead atoms. The first-order chi connectivity index (χ1) is 8.34. The Balaban J connectivity index is 2.79. The van der Waals surface area contributed by atoms with E-state index in [0.29, 0.717) is 5.82 Å². The molecule has 0 aromatic carbocycles. The first-order valence-corrected chi connectivity index (χ1v) is 5.37. The van der Waals surface area contributed by atoms with Gasteiger partial charge in [0.15, 0.2) is 5.65 Å². The number of aromatic nitrogens is 3. The molecule has 0 saturated heterocycles. The molecule has 2 rings (SSSR count). The molecule has 98 valence electrons. The Morgan fingerprint density at radius 1 is 1.28 bits per heavy atom. The fraction of sp³-hybridized carbons (Fsp3) is 0.455. The van der Waals surface area contributed by atoms with Crippen LogP contribution in [0.2, 0.25) is 0 Å². The monoisotopic (exact) mass is 259 g/mol. The molecule has 2 aromatic heterocycles. The van der Waals surface area contributed by atoms with Crippen molar-refractivity contribution < 1.29 is 18.3 Å². The van der Waals surface area contributed by atoms with Gasteiger partial charge in [0.05, 0.1) is 12.2 Å². The summed E-state index contributed by atoms with van der Waals surface area (Å²) in [5.74, 6) is 0.405. The SMILES string of the molecule is Cc1cc(C(F)(F)F)c2nc(C)n(CCO)c2n1. The van der Waals surface area contributed by atoms with E-state index in [9.17, 15) is 13.2 Å². The quantitative estimate of drug-likeness (QED) is 0.898. The second-order valence-electron chi connectivity index (χ2n) is 4.02. The van der Waals surface area contributed by atoms with Crippen molar-refractivity contribution in [1.29, 1.82) is 0 Å². The van der Waals surface area contributed by atoms with Gasteiger partial charge in [0.1, 0.15) is 11.3 Å². The predicted octanol–water partition coefficient (Wildman–Crippen LogP) is 2.06. The van der Waals surface area contributed by atoms with Gasteiger partial charge < -0.3 is 9.67 Å². The van der Waals surface area contributed by atoms with Crippen LogP contribution in [0.15, 0.2) is 6.07 Å². The Morgan fingerprint density at radius 2 is 1.94 bits per heavy atom. The molecule has 0 aliphatic heterocycles. The maximum atomic E-state index is 12.9. The lowest BCUT2D eigenvalue weighted by atomic mass is 10.2. The summed E-state index contributed by atoms with van der Waals surface area (Å²) in [7, 11) is 0. The Labute approximate surface area is 101 Å². The average molecular weight is 259 g/mol. The van der Waals surface area contributed by atoms with E-state index < -0.39 is 11.7 Å². The van der Waals surface area contributed by atoms with Crippen LogP contribution in [0.5, 0.6) is 0 Å². The maximum Gasteiger partial charge on any atom is 0.418 e. The Bertz CT molecular complexity index is 589. The zero-order valence-corrected chi connectivity index (χ0v) is 9.91. The molecule has 0 fully saturated rings. The summed E-state index contributed by atoms with van der Waals surface area (Å²) in [6.45, 7) is 3.09. The largest absolute Gasteiger partial charge is 0.418 e. The standard InChI is InChI=1S/C11H12F3N3O/c1-6-5-8(11(12,13)14)9-10(15-6)17(3-4-18)7(2)16-9/h5,18H,3-4H2,1-2H3. The topological polar surface area (TPSA) is 50.9 Å². The molecule has 7 heteroatoms. The maximum absolute atomic E-state index is 12.9. The van der Waals surface area contributed by atoms with E-state index in [-0.39, 0.29) is 30.0 Å². The van der Waals surface area contributed by atoms with Gasteiger partial charge in [-0.3, -0.25) is 0 Å². The van der Waals surface area contributed by atoms with Gasteiger partial charge in [0.2, 0.25) is 0 Å². The number of halogens is 3. The van der Waals surface area contributed by atoms with E-state index in [2.05, 4.69) is 9.97 Å². The van der Waals surface area contributed by atoms with Crippen molar-refractivity contribution in [3.05, 3.63) is 23.1 Å². The Kier molecular flexibility index (Phi) is 3.02. The summed E-state index contributed by atoms with van der Waals surface area (Å²) in [5, 5.41) is 8.92. The van der Waals surface area contributed by atoms with Gasteiger partial charge in [-0.2, -0.15) is 13.2 Å². The Morgan fingerprint density at radius 3 is 2.50 bits per heavy atom. The van der Waals surface area contributed by atoms with Crippen molar-refractivity contribution in [2.24, 2.45) is 0 Å². The number of rotatable bonds is 2. The van der Waals surface area contributed by atoms with Crippen LogP contribution in [0.25, 0.3) is 11.2 Å². The summed E-state index contributed by atoms with van der Waals surface area (Å²) in [6.07, 6.45) is -4.46. The third-order valence-corrected chi connectivity index (χ3v) is 2.65. The van der Waals surface area contributed by atoms with Gasteiger partial charge in [-0.05, 0) is 19.9 Å². The number of nitrogens with zero attached hydrogens (tertiary/aromatic N) is 3. The van der Waals surface area contributed by atoms with Crippen molar-refractivity contribution in [3.63, 3.8) is 0 Å². The van der Waals surface area contributed by atoms with Crippen LogP contribution >= 0.6 is 0 Å². The van der Waals surface area contributed by atoms with Crippen molar-refractivity contribution in [3.8, 4) is 0 Å². The fourth-order valence-electron chi connectivity index (χ4n) is 1.91. The molecule has 0 radical (unpaired) electrons. The zero-order chi connectivity index (χ0) is 13.5. The highest BCUT2D eigenvalue weighted by Gasteiger charge is 2.35. The van der Waals surface area contributed by atoms with Crippen LogP contribution in [-0.4, -0.2) is 26.2 Å². The van der Waals surface area contributed by atoms with Crippen LogP contribution < -0.4 is 0 Å². The molecule has 0 atom stereocenters. The molecule has 1 N–H and O–H groups in total. The number of imidazole rings is 1. The van der Waals surface area contributed by atoms with Crippen molar-refractivity contribution in [2.45, 2.75) is 26.6 Å². The molecule has 4 nitrogen and oxygen atoms in total. The molecule has 0 unspecified atom stereocenters. The van der Waals surface area contributed by atoms with Crippen molar-refractivity contribution >= 4 is 11.2 Å². The van der Waals surface area contributed by atoms with Gasteiger partial charge in [0, 0.05) is 12.2 Å². The van der Waals surface area contributed by atoms with Crippen molar-refractivity contribution in [2.75, 3.05) is 6.61 Å². The number of aliphatic hydroxyl groups is 1. The smallest absolute Gasteiger partial charge is 0.395 e. The number of fused-ring (bicyclic) bond motifs is 1. The third kappa shape index (κ3) is 2.05. The highest BCUT2D eigenvalue weighted by atomic mass is 19.4. The lowest BCUT2D eigenvalue weighted by molar-refractivity contribution is -0.136. The molecule has 0 aliphatic rings. The first-order valence-electron chi connectivity index (χ1n) is 5.37. The Hall–Kier alpha value is -1.63. The lowest BCUT2D eigenvalue weighted by Gasteiger charge is -2.09. The van der Waals surface area contributed by atoms with Gasteiger partial charge in [0.25, 0.3) is 0 Å². The predicted molar refractivity (Wildman–Crippen MR) is 59.1 cm³/mol. The van der Waals surface area contributed by atoms with Crippen LogP contribution in [0.1, 0.15) is 17.1 Å². The second-order valence-corrected chi connectivity index (χ2v) is 4.02. The second kappa shape index (κ2) is 4.24. The average Bonchev–Trinajstić information content (AvgIpc) is 2.54. The highest BCUT2D eigenvalue weighted by Crippen LogP contribution is 2.34. The van der Waals surface area contributed by atoms with Crippen LogP contribution in [0.3, 0.4) is 0 Å². The zero-order valence-electron chi connectivity index (χ0n) is 9.91. The number of aryl methyl sites for hydroxylation is 2. The summed E-state index contributed by atoms with van der Waals surface area (Å²) in [4.78, 5) is 7.99. The fourth-order valence-corrected chi connectivity index (χ4v) is 1.91. The molecule has 2 aromatic rings. The summed E-state index contributed by atoms with van der Waals surface area (Å²) in [6, 6.07) is 0.984. The first kappa shape index (κ1) is 12.8. The van der Waals surface area contributed by atoms with E-state index in [1.54, 1.807) is 6.92 Å². The van der Waals surface area contributed by atoms with E-state index >= 15 is 0 Å². The minimum Gasteiger partial charge on any atom is -0.395 e. The van der Waals surface area contributed by atoms with Gasteiger partial charge in [-0.15, -0.1) is 0 Å². The molecule has 2 heterocycles. The molecular formula is C11H12F3N3O. The summed E-state index contributed by atoms with van der Waals surface area (Å²) in [5.41, 5.74) is -0.522. The molecule has 0 aliphatic carbocycles. The van der Waals surface area contributed by atoms with Crippen molar-refractivity contribution in [1.82, 2.24) is 14.5 Å². The highest BCUT2D eigenvalue weighted by molar-refractivity contribution is 5.76. The minimum atomic E-state index is -4.46. The van der Waals surface area contributed by atoms with E-state index in [0.717, 1.165) is 6.07 Å². The molecule has 0 saturated carbocycles.